The zero-order valence-electron chi connectivity index (χ0n) is 71.1. The van der Waals surface area contributed by atoms with Crippen LogP contribution >= 0.6 is 22.6 Å². The van der Waals surface area contributed by atoms with Crippen LogP contribution in [0.5, 0.6) is 0 Å². The summed E-state index contributed by atoms with van der Waals surface area (Å²) in [5.41, 5.74) is 20.6. The molecule has 6 aromatic rings. The van der Waals surface area contributed by atoms with Gasteiger partial charge in [-0.05, 0) is 134 Å². The topological polar surface area (TPSA) is 331 Å². The number of fused-ring (bicyclic) bond motifs is 2. The van der Waals surface area contributed by atoms with E-state index in [1.807, 2.05) is 83.9 Å². The summed E-state index contributed by atoms with van der Waals surface area (Å²) in [5, 5.41) is 21.9. The first kappa shape index (κ1) is 100. The fraction of sp³-hybridized carbons (Fsp3) is 0.576. The maximum absolute atomic E-state index is 12.9. The number of nitrogens with one attached hydrogen (secondary N) is 4. The Hall–Kier alpha value is -5.15. The molecule has 636 valence electrons. The number of hydrogen-bond donors (Lipinski definition) is 6. The molecule has 0 unspecified atom stereocenters. The molecule has 2 aliphatic carbocycles. The monoisotopic (exact) mass is 2030 g/mol. The Kier molecular flexibility index (Phi) is 47.3. The molecule has 8 rings (SSSR count). The van der Waals surface area contributed by atoms with E-state index in [0.29, 0.717) is 235 Å². The van der Waals surface area contributed by atoms with Gasteiger partial charge in [0.25, 0.3) is 17.7 Å². The van der Waals surface area contributed by atoms with Gasteiger partial charge in [0.15, 0.2) is 11.6 Å². The van der Waals surface area contributed by atoms with Crippen molar-refractivity contribution in [3.8, 4) is 11.4 Å². The fourth-order valence-electron chi connectivity index (χ4n) is 12.2. The first-order valence-electron chi connectivity index (χ1n) is 40.1. The van der Waals surface area contributed by atoms with E-state index in [1.54, 1.807) is 18.2 Å². The number of ether oxygens (including phenoxy) is 10. The Balaban J connectivity index is 0.000000376. The van der Waals surface area contributed by atoms with Gasteiger partial charge in [0.05, 0.1) is 149 Å². The first-order chi connectivity index (χ1) is 54.8. The van der Waals surface area contributed by atoms with E-state index < -0.39 is 69.7 Å². The standard InChI is InChI=1S/C38H52IN5O8.C38H52N5O8.9CH3.3Sn/c1-27-35-33(25-38(2,3)26-34(35)45)44(43-27)30-9-10-31(36(40)46)32(24-30)41-11-5-13-48-15-17-50-19-21-52-22-20-51-18-16-49-14-6-12-42-37(47)28-7-4-8-29(39)23-28;1-28-35-33(26-38(2,3)27-34(35)44)43(42-28)30-11-12-31(36(39)45)32(25-30)40-13-7-15-47-17-19-49-21-23-51-24-22-50-20-18-48-16-8-14-41-37(46)29-9-5-4-6-10-29;;;;;;;;;;;;/h4,7-10,23-24,41H,5-6,11-22,25-26H2,1-3H3,(H2,40,46)(H,42,47);4-5,9-12,25,40H,7-8,13-24,26-27H2,1-3H3,(H2,39,45)(H,41,46);9*1H3;;;. The van der Waals surface area contributed by atoms with Gasteiger partial charge in [-0.25, -0.2) is 9.36 Å². The zero-order valence-corrected chi connectivity index (χ0v) is 81.8. The van der Waals surface area contributed by atoms with E-state index in [9.17, 15) is 28.8 Å². The summed E-state index contributed by atoms with van der Waals surface area (Å²) in [6, 6.07) is 26.2. The third kappa shape index (κ3) is 38.8. The summed E-state index contributed by atoms with van der Waals surface area (Å²) >= 11 is -1.10. The number of aryl methyl sites for hydroxylation is 2. The second-order valence-corrected chi connectivity index (χ2v) is 64.8. The SMILES string of the molecule is Cc1nn(-c2ccc(C(N)=O)c(NCCCOCCOCCOCCOCCOCCCNC(=O)c3ccc[c]([Sn]([CH3])([CH3])[CH3])c3)c2)c2c1C(=O)CC(C)(C)C2.Cc1nn(-c2ccc(C(N)=O)c(NCCCOCCOCCOCCOCCOCCCNC(=O)c3cccc(I)c3)c2)c2c1C(=O)CC(C)(C)C2.[CH3][Sn]([CH3])[CH3].[CH3][Sn]([CH3])[CH3]. The quantitative estimate of drug-likeness (QED) is 0.0117. The minimum atomic E-state index is -2.21. The van der Waals surface area contributed by atoms with Crippen LogP contribution in [0.2, 0.25) is 44.5 Å². The Morgan fingerprint density at radius 1 is 0.443 bits per heavy atom. The van der Waals surface area contributed by atoms with Crippen molar-refractivity contribution in [2.45, 2.75) is 137 Å². The first-order valence-corrected chi connectivity index (χ1v) is 68.3. The third-order valence-electron chi connectivity index (χ3n) is 17.6. The van der Waals surface area contributed by atoms with Crippen molar-refractivity contribution in [3.63, 3.8) is 0 Å². The molecule has 0 atom stereocenters. The molecule has 30 heteroatoms. The molecule has 2 radical (unpaired) electrons. The van der Waals surface area contributed by atoms with Crippen molar-refractivity contribution < 1.29 is 76.1 Å². The van der Waals surface area contributed by atoms with Crippen LogP contribution in [0.15, 0.2) is 84.9 Å². The van der Waals surface area contributed by atoms with Crippen LogP contribution in [0.1, 0.15) is 151 Å². The number of hydrogen-bond acceptors (Lipinski definition) is 20. The van der Waals surface area contributed by atoms with Crippen molar-refractivity contribution in [2.75, 3.05) is 169 Å². The fourth-order valence-corrected chi connectivity index (χ4v) is 16.2. The summed E-state index contributed by atoms with van der Waals surface area (Å²) < 4.78 is 61.9. The molecule has 0 saturated carbocycles. The van der Waals surface area contributed by atoms with E-state index in [-0.39, 0.29) is 34.2 Å². The molecule has 8 N–H and O–H groups in total. The van der Waals surface area contributed by atoms with E-state index in [1.165, 1.54) is 3.58 Å². The molecule has 0 aliphatic heterocycles. The summed E-state index contributed by atoms with van der Waals surface area (Å²) in [7, 11) is 0. The van der Waals surface area contributed by atoms with Gasteiger partial charge in [0.2, 0.25) is 0 Å². The predicted molar refractivity (Wildman–Crippen MR) is 470 cm³/mol. The second-order valence-electron chi connectivity index (χ2n) is 32.0. The summed E-state index contributed by atoms with van der Waals surface area (Å²) in [6.45, 7) is 24.1. The molecule has 115 heavy (non-hydrogen) atoms. The van der Waals surface area contributed by atoms with Crippen LogP contribution < -0.4 is 36.3 Å². The molecular weight excluding hydrogens is 1900 g/mol. The van der Waals surface area contributed by atoms with Crippen molar-refractivity contribution in [3.05, 3.63) is 145 Å². The normalized spacial score (nSPS) is 13.4. The summed E-state index contributed by atoms with van der Waals surface area (Å²) in [5.74, 6) is -0.921. The van der Waals surface area contributed by atoms with Crippen molar-refractivity contribution in [1.29, 1.82) is 0 Å². The van der Waals surface area contributed by atoms with Crippen LogP contribution in [-0.4, -0.2) is 271 Å². The number of carbonyl (C=O) groups is 6. The molecule has 2 aliphatic rings. The molecule has 0 spiro atoms. The molecule has 4 amide bonds. The number of rotatable bonds is 49. The van der Waals surface area contributed by atoms with Gasteiger partial charge in [-0.2, -0.15) is 10.2 Å². The van der Waals surface area contributed by atoms with E-state index in [2.05, 4.69) is 127 Å². The molecule has 26 nitrogen and oxygen atoms in total. The Labute approximate surface area is 715 Å². The van der Waals surface area contributed by atoms with E-state index in [0.717, 1.165) is 57.6 Å². The van der Waals surface area contributed by atoms with Crippen molar-refractivity contribution in [1.82, 2.24) is 30.2 Å². The average molecular weight is 2030 g/mol. The number of anilines is 2. The predicted octanol–water partition coefficient (Wildman–Crippen LogP) is 12.2. The van der Waals surface area contributed by atoms with Gasteiger partial charge >= 0.3 is 194 Å². The number of benzene rings is 4. The number of Topliss-reactive ketones (excluding diaryl/α,β-unsaturated/α-hetero) is 2. The van der Waals surface area contributed by atoms with Crippen LogP contribution in [0.4, 0.5) is 11.4 Å². The summed E-state index contributed by atoms with van der Waals surface area (Å²) in [4.78, 5) is 95.8. The van der Waals surface area contributed by atoms with Crippen molar-refractivity contribution in [2.24, 2.45) is 22.3 Å². The number of nitrogens with two attached hydrogens (primary N) is 2. The number of nitrogens with zero attached hydrogens (tertiary/aromatic N) is 4. The molecule has 0 saturated heterocycles. The van der Waals surface area contributed by atoms with Gasteiger partial charge in [0, 0.05) is 72.8 Å². The molecule has 2 heterocycles. The third-order valence-corrected chi connectivity index (χ3v) is 24.1. The van der Waals surface area contributed by atoms with Gasteiger partial charge in [-0.3, -0.25) is 24.0 Å². The van der Waals surface area contributed by atoms with Gasteiger partial charge in [0.1, 0.15) is 0 Å². The maximum atomic E-state index is 12.9. The summed E-state index contributed by atoms with van der Waals surface area (Å²) in [6.07, 6.45) is 5.36. The van der Waals surface area contributed by atoms with E-state index >= 15 is 0 Å². The zero-order chi connectivity index (χ0) is 84.4. The molecule has 2 aromatic heterocycles. The van der Waals surface area contributed by atoms with E-state index in [4.69, 9.17) is 63.9 Å². The Morgan fingerprint density at radius 2 is 0.748 bits per heavy atom. The minimum absolute atomic E-state index is 0.0350. The van der Waals surface area contributed by atoms with Crippen LogP contribution in [0, 0.1) is 28.2 Å². The number of primary amides is 2. The van der Waals surface area contributed by atoms with Crippen molar-refractivity contribution >= 4 is 131 Å². The molecule has 0 bridgehead atoms. The molecular formula is C85H131IN10O16Sn3. The molecule has 0 fully saturated rings. The Morgan fingerprint density at radius 3 is 1.06 bits per heavy atom. The number of amides is 4. The number of carbonyl (C=O) groups excluding carboxylic acids is 6. The van der Waals surface area contributed by atoms with Crippen LogP contribution in [-0.2, 0) is 60.2 Å². The number of ketones is 2. The van der Waals surface area contributed by atoms with Crippen LogP contribution in [0.25, 0.3) is 11.4 Å². The number of halogens is 1. The van der Waals surface area contributed by atoms with Crippen LogP contribution in [0.3, 0.4) is 0 Å². The second kappa shape index (κ2) is 54.2. The number of aromatic nitrogens is 4. The van der Waals surface area contributed by atoms with Gasteiger partial charge < -0.3 is 65.3 Å². The molecule has 4 aromatic carbocycles. The van der Waals surface area contributed by atoms with Gasteiger partial charge in [-0.1, -0.05) is 33.8 Å². The average Bonchev–Trinajstić information content (AvgIpc) is 1.62. The Bertz CT molecular complexity index is 3950. The van der Waals surface area contributed by atoms with Gasteiger partial charge in [-0.15, -0.1) is 0 Å².